The van der Waals surface area contributed by atoms with Gasteiger partial charge in [0.2, 0.25) is 10.0 Å². The zero-order valence-corrected chi connectivity index (χ0v) is 15.9. The minimum atomic E-state index is -3.31. The number of H-pyrrole nitrogens is 1. The van der Waals surface area contributed by atoms with Crippen LogP contribution in [0.1, 0.15) is 11.1 Å². The molecule has 0 amide bonds. The van der Waals surface area contributed by atoms with Gasteiger partial charge in [0.05, 0.1) is 38.2 Å². The summed E-state index contributed by atoms with van der Waals surface area (Å²) in [6.07, 6.45) is 1.60. The first kappa shape index (κ1) is 17.7. The Bertz CT molecular complexity index is 1260. The molecule has 0 atom stereocenters. The second kappa shape index (κ2) is 6.76. The Labute approximate surface area is 159 Å². The van der Waals surface area contributed by atoms with Gasteiger partial charge in [-0.2, -0.15) is 0 Å². The number of aromatic nitrogens is 2. The molecule has 3 N–H and O–H groups in total. The van der Waals surface area contributed by atoms with Gasteiger partial charge in [0.25, 0.3) is 0 Å². The number of nitrogens with one attached hydrogen (secondary N) is 2. The van der Waals surface area contributed by atoms with Gasteiger partial charge < -0.3 is 10.1 Å². The van der Waals surface area contributed by atoms with Gasteiger partial charge in [-0.1, -0.05) is 12.1 Å². The molecule has 138 valence electrons. The highest BCUT2D eigenvalue weighted by atomic mass is 32.2. The summed E-state index contributed by atoms with van der Waals surface area (Å²) in [5.41, 5.74) is 5.39. The van der Waals surface area contributed by atoms with Gasteiger partial charge >= 0.3 is 0 Å². The number of hydrogen-bond donors (Lipinski definition) is 3. The van der Waals surface area contributed by atoms with E-state index in [0.717, 1.165) is 21.1 Å². The van der Waals surface area contributed by atoms with Crippen LogP contribution in [0.5, 0.6) is 5.88 Å². The van der Waals surface area contributed by atoms with Crippen LogP contribution in [0.3, 0.4) is 0 Å². The lowest BCUT2D eigenvalue weighted by Gasteiger charge is -2.02. The van der Waals surface area contributed by atoms with Crippen molar-refractivity contribution < 1.29 is 13.5 Å². The van der Waals surface area contributed by atoms with Crippen LogP contribution in [0, 0.1) is 0 Å². The summed E-state index contributed by atoms with van der Waals surface area (Å²) in [6.45, 7) is 0. The number of fused-ring (bicyclic) bond motifs is 3. The standard InChI is InChI=1S/C18H16N4O3S2/c1-19-27(24,25)9-11-2-4-12(5-3-11)20-8-13-16-14(22-18(13)23)6-7-15-17(16)26-10-21-15/h2-8,10,19,22-23H,9H2,1H3. The first-order valence-corrected chi connectivity index (χ1v) is 10.6. The summed E-state index contributed by atoms with van der Waals surface area (Å²) in [6, 6.07) is 10.7. The summed E-state index contributed by atoms with van der Waals surface area (Å²) < 4.78 is 26.5. The lowest BCUT2D eigenvalue weighted by Crippen LogP contribution is -2.20. The highest BCUT2D eigenvalue weighted by molar-refractivity contribution is 7.88. The van der Waals surface area contributed by atoms with E-state index >= 15 is 0 Å². The summed E-state index contributed by atoms with van der Waals surface area (Å²) in [7, 11) is -1.92. The Balaban J connectivity index is 1.67. The lowest BCUT2D eigenvalue weighted by molar-refractivity contribution is 0.457. The van der Waals surface area contributed by atoms with Gasteiger partial charge in [0.1, 0.15) is 0 Å². The molecule has 7 nitrogen and oxygen atoms in total. The fourth-order valence-electron chi connectivity index (χ4n) is 2.85. The van der Waals surface area contributed by atoms with Crippen molar-refractivity contribution in [2.24, 2.45) is 4.99 Å². The topological polar surface area (TPSA) is 107 Å². The van der Waals surface area contributed by atoms with Gasteiger partial charge in [-0.15, -0.1) is 11.3 Å². The minimum Gasteiger partial charge on any atom is -0.494 e. The maximum Gasteiger partial charge on any atom is 0.215 e. The largest absolute Gasteiger partial charge is 0.494 e. The molecule has 0 unspecified atom stereocenters. The summed E-state index contributed by atoms with van der Waals surface area (Å²) >= 11 is 1.51. The van der Waals surface area contributed by atoms with Gasteiger partial charge in [0.15, 0.2) is 5.88 Å². The predicted octanol–water partition coefficient (Wildman–Crippen LogP) is 3.28. The number of aromatic hydroxyl groups is 1. The van der Waals surface area contributed by atoms with Crippen molar-refractivity contribution in [2.75, 3.05) is 7.05 Å². The normalized spacial score (nSPS) is 12.5. The number of sulfonamides is 1. The third-order valence-electron chi connectivity index (χ3n) is 4.22. The number of nitrogens with zero attached hydrogens (tertiary/aromatic N) is 2. The van der Waals surface area contributed by atoms with E-state index < -0.39 is 10.0 Å². The fourth-order valence-corrected chi connectivity index (χ4v) is 4.47. The van der Waals surface area contributed by atoms with Crippen molar-refractivity contribution in [3.63, 3.8) is 0 Å². The Morgan fingerprint density at radius 3 is 2.78 bits per heavy atom. The second-order valence-corrected chi connectivity index (χ2v) is 8.75. The van der Waals surface area contributed by atoms with Crippen LogP contribution in [0.4, 0.5) is 5.69 Å². The van der Waals surface area contributed by atoms with Gasteiger partial charge in [-0.3, -0.25) is 4.99 Å². The van der Waals surface area contributed by atoms with Crippen LogP contribution < -0.4 is 4.72 Å². The van der Waals surface area contributed by atoms with E-state index in [9.17, 15) is 13.5 Å². The van der Waals surface area contributed by atoms with Crippen molar-refractivity contribution in [3.05, 3.63) is 53.0 Å². The third-order valence-corrected chi connectivity index (χ3v) is 6.42. The summed E-state index contributed by atoms with van der Waals surface area (Å²) in [4.78, 5) is 11.7. The number of aromatic amines is 1. The molecule has 0 aliphatic rings. The average Bonchev–Trinajstić information content (AvgIpc) is 3.24. The first-order chi connectivity index (χ1) is 13.0. The maximum absolute atomic E-state index is 11.6. The van der Waals surface area contributed by atoms with E-state index in [-0.39, 0.29) is 11.6 Å². The van der Waals surface area contributed by atoms with E-state index in [0.29, 0.717) is 16.8 Å². The van der Waals surface area contributed by atoms with E-state index in [1.165, 1.54) is 18.4 Å². The third kappa shape index (κ3) is 3.44. The molecule has 0 fully saturated rings. The van der Waals surface area contributed by atoms with E-state index in [1.54, 1.807) is 36.0 Å². The fraction of sp³-hybridized carbons (Fsp3) is 0.111. The monoisotopic (exact) mass is 400 g/mol. The highest BCUT2D eigenvalue weighted by Crippen LogP contribution is 2.34. The molecular weight excluding hydrogens is 384 g/mol. The van der Waals surface area contributed by atoms with Crippen LogP contribution in [-0.4, -0.2) is 36.8 Å². The van der Waals surface area contributed by atoms with Crippen molar-refractivity contribution in [1.82, 2.24) is 14.7 Å². The molecule has 0 aliphatic heterocycles. The Hall–Kier alpha value is -2.75. The molecule has 2 heterocycles. The quantitative estimate of drug-likeness (QED) is 0.447. The summed E-state index contributed by atoms with van der Waals surface area (Å²) in [5.74, 6) is -0.0357. The van der Waals surface area contributed by atoms with Crippen molar-refractivity contribution in [2.45, 2.75) is 5.75 Å². The Morgan fingerprint density at radius 2 is 2.04 bits per heavy atom. The van der Waals surface area contributed by atoms with E-state index in [2.05, 4.69) is 19.7 Å². The number of benzene rings is 2. The second-order valence-electron chi connectivity index (χ2n) is 5.96. The number of thiazole rings is 1. The molecule has 4 aromatic rings. The Kier molecular flexibility index (Phi) is 4.42. The molecule has 4 rings (SSSR count). The summed E-state index contributed by atoms with van der Waals surface area (Å²) in [5, 5.41) is 11.2. The number of rotatable bonds is 5. The minimum absolute atomic E-state index is 0.0476. The SMILES string of the molecule is CNS(=O)(=O)Cc1ccc(N=Cc2c(O)[nH]c3ccc4ncsc4c23)cc1. The number of aliphatic imine (C=N–C) groups is 1. The molecule has 9 heteroatoms. The van der Waals surface area contributed by atoms with Crippen LogP contribution in [0.25, 0.3) is 21.1 Å². The molecule has 2 aromatic carbocycles. The molecule has 0 saturated carbocycles. The van der Waals surface area contributed by atoms with E-state index in [1.807, 2.05) is 12.1 Å². The molecule has 0 spiro atoms. The Morgan fingerprint density at radius 1 is 1.26 bits per heavy atom. The van der Waals surface area contributed by atoms with Gasteiger partial charge in [-0.25, -0.2) is 18.1 Å². The molecule has 0 saturated heterocycles. The average molecular weight is 400 g/mol. The lowest BCUT2D eigenvalue weighted by atomic mass is 10.1. The van der Waals surface area contributed by atoms with Gasteiger partial charge in [0, 0.05) is 11.6 Å². The number of hydrogen-bond acceptors (Lipinski definition) is 6. The molecule has 27 heavy (non-hydrogen) atoms. The molecular formula is C18H16N4O3S2. The van der Waals surface area contributed by atoms with Gasteiger partial charge in [-0.05, 0) is 36.9 Å². The first-order valence-electron chi connectivity index (χ1n) is 8.08. The van der Waals surface area contributed by atoms with E-state index in [4.69, 9.17) is 0 Å². The highest BCUT2D eigenvalue weighted by Gasteiger charge is 2.13. The van der Waals surface area contributed by atoms with Crippen LogP contribution in [0.2, 0.25) is 0 Å². The van der Waals surface area contributed by atoms with Crippen LogP contribution >= 0.6 is 11.3 Å². The predicted molar refractivity (Wildman–Crippen MR) is 109 cm³/mol. The molecule has 2 aromatic heterocycles. The van der Waals surface area contributed by atoms with Crippen molar-refractivity contribution >= 4 is 54.4 Å². The zero-order chi connectivity index (χ0) is 19.0. The zero-order valence-electron chi connectivity index (χ0n) is 14.3. The molecule has 0 radical (unpaired) electrons. The smallest absolute Gasteiger partial charge is 0.215 e. The maximum atomic E-state index is 11.6. The van der Waals surface area contributed by atoms with Crippen LogP contribution in [-0.2, 0) is 15.8 Å². The van der Waals surface area contributed by atoms with Crippen LogP contribution in [0.15, 0.2) is 46.9 Å². The molecule has 0 bridgehead atoms. The van der Waals surface area contributed by atoms with Crippen molar-refractivity contribution in [3.8, 4) is 5.88 Å². The molecule has 0 aliphatic carbocycles. The van der Waals surface area contributed by atoms with Crippen molar-refractivity contribution in [1.29, 1.82) is 0 Å².